The third-order valence-electron chi connectivity index (χ3n) is 5.62. The zero-order valence-corrected chi connectivity index (χ0v) is 12.0. The highest BCUT2D eigenvalue weighted by Gasteiger charge is 2.48. The Balaban J connectivity index is 1.57. The van der Waals surface area contributed by atoms with Crippen LogP contribution >= 0.6 is 0 Å². The number of aromatic nitrogens is 1. The van der Waals surface area contributed by atoms with Crippen molar-refractivity contribution in [3.63, 3.8) is 0 Å². The highest BCUT2D eigenvalue weighted by molar-refractivity contribution is 5.57. The van der Waals surface area contributed by atoms with Crippen molar-refractivity contribution in [2.75, 3.05) is 18.2 Å². The van der Waals surface area contributed by atoms with E-state index in [1.807, 2.05) is 6.07 Å². The Morgan fingerprint density at radius 2 is 1.80 bits per heavy atom. The van der Waals surface area contributed by atoms with E-state index >= 15 is 0 Å². The van der Waals surface area contributed by atoms with Crippen molar-refractivity contribution in [1.29, 1.82) is 0 Å². The maximum atomic E-state index is 5.78. The number of nitrogens with two attached hydrogens (primary N) is 1. The van der Waals surface area contributed by atoms with Crippen molar-refractivity contribution in [1.82, 2.24) is 4.98 Å². The van der Waals surface area contributed by atoms with E-state index in [-0.39, 0.29) is 0 Å². The van der Waals surface area contributed by atoms with Gasteiger partial charge in [0.2, 0.25) is 0 Å². The van der Waals surface area contributed by atoms with Crippen molar-refractivity contribution in [2.45, 2.75) is 38.1 Å². The quantitative estimate of drug-likeness (QED) is 0.889. The summed E-state index contributed by atoms with van der Waals surface area (Å²) in [6.45, 7) is 0. The molecule has 0 saturated heterocycles. The van der Waals surface area contributed by atoms with Gasteiger partial charge in [0.1, 0.15) is 0 Å². The van der Waals surface area contributed by atoms with Crippen LogP contribution in [-0.4, -0.2) is 18.1 Å². The molecular formula is C16H23N3O. The fourth-order valence-corrected chi connectivity index (χ4v) is 5.04. The Morgan fingerprint density at radius 1 is 1.15 bits per heavy atom. The van der Waals surface area contributed by atoms with E-state index in [9.17, 15) is 0 Å². The van der Waals surface area contributed by atoms with Crippen molar-refractivity contribution >= 4 is 11.5 Å². The SMILES string of the molecule is COc1cc(N)cnc1NC1C2CC3CC(C2)CC1C3. The van der Waals surface area contributed by atoms with E-state index in [1.165, 1.54) is 32.1 Å². The summed E-state index contributed by atoms with van der Waals surface area (Å²) in [5.41, 5.74) is 6.43. The molecule has 1 aromatic heterocycles. The molecule has 0 radical (unpaired) electrons. The van der Waals surface area contributed by atoms with Crippen molar-refractivity contribution < 1.29 is 4.74 Å². The second-order valence-corrected chi connectivity index (χ2v) is 6.92. The van der Waals surface area contributed by atoms with E-state index in [2.05, 4.69) is 10.3 Å². The van der Waals surface area contributed by atoms with Crippen LogP contribution in [0.5, 0.6) is 5.75 Å². The summed E-state index contributed by atoms with van der Waals surface area (Å²) in [6.07, 6.45) is 8.82. The largest absolute Gasteiger partial charge is 0.493 e. The van der Waals surface area contributed by atoms with E-state index in [1.54, 1.807) is 13.3 Å². The molecule has 4 fully saturated rings. The second-order valence-electron chi connectivity index (χ2n) is 6.92. The van der Waals surface area contributed by atoms with E-state index < -0.39 is 0 Å². The molecular weight excluding hydrogens is 250 g/mol. The van der Waals surface area contributed by atoms with Crippen LogP contribution in [-0.2, 0) is 0 Å². The van der Waals surface area contributed by atoms with Crippen LogP contribution in [0.2, 0.25) is 0 Å². The lowest BCUT2D eigenvalue weighted by Gasteiger charge is -2.54. The van der Waals surface area contributed by atoms with Gasteiger partial charge in [0.15, 0.2) is 11.6 Å². The molecule has 4 bridgehead atoms. The van der Waals surface area contributed by atoms with E-state index in [0.29, 0.717) is 11.7 Å². The number of methoxy groups -OCH3 is 1. The zero-order valence-electron chi connectivity index (χ0n) is 12.0. The molecule has 0 atom stereocenters. The third-order valence-corrected chi connectivity index (χ3v) is 5.62. The summed E-state index contributed by atoms with van der Waals surface area (Å²) in [6, 6.07) is 2.43. The normalized spacial score (nSPS) is 38.0. The second kappa shape index (κ2) is 4.54. The number of nitrogen functional groups attached to an aromatic ring is 1. The fourth-order valence-electron chi connectivity index (χ4n) is 5.04. The Kier molecular flexibility index (Phi) is 2.79. The number of rotatable bonds is 3. The molecule has 20 heavy (non-hydrogen) atoms. The first-order valence-corrected chi connectivity index (χ1v) is 7.79. The Bertz CT molecular complexity index is 488. The smallest absolute Gasteiger partial charge is 0.169 e. The predicted molar refractivity (Wildman–Crippen MR) is 79.7 cm³/mol. The first kappa shape index (κ1) is 12.3. The minimum absolute atomic E-state index is 0.577. The average Bonchev–Trinajstić information content (AvgIpc) is 2.43. The van der Waals surface area contributed by atoms with Gasteiger partial charge < -0.3 is 15.8 Å². The van der Waals surface area contributed by atoms with Crippen molar-refractivity contribution in [3.05, 3.63) is 12.3 Å². The summed E-state index contributed by atoms with van der Waals surface area (Å²) in [7, 11) is 1.68. The molecule has 3 N–H and O–H groups in total. The first-order chi connectivity index (χ1) is 9.72. The van der Waals surface area contributed by atoms with Gasteiger partial charge in [0.05, 0.1) is 19.0 Å². The highest BCUT2D eigenvalue weighted by Crippen LogP contribution is 2.54. The first-order valence-electron chi connectivity index (χ1n) is 7.79. The third kappa shape index (κ3) is 1.93. The van der Waals surface area contributed by atoms with Crippen molar-refractivity contribution in [2.24, 2.45) is 23.7 Å². The highest BCUT2D eigenvalue weighted by atomic mass is 16.5. The molecule has 0 aliphatic heterocycles. The number of nitrogens with zero attached hydrogens (tertiary/aromatic N) is 1. The topological polar surface area (TPSA) is 60.2 Å². The molecule has 4 heteroatoms. The Morgan fingerprint density at radius 3 is 2.40 bits per heavy atom. The minimum atomic E-state index is 0.577. The summed E-state index contributed by atoms with van der Waals surface area (Å²) in [5, 5.41) is 3.68. The van der Waals surface area contributed by atoms with Gasteiger partial charge in [-0.2, -0.15) is 0 Å². The summed E-state index contributed by atoms with van der Waals surface area (Å²) >= 11 is 0. The molecule has 1 aromatic rings. The lowest BCUT2D eigenvalue weighted by atomic mass is 9.54. The number of hydrogen-bond donors (Lipinski definition) is 2. The average molecular weight is 273 g/mol. The van der Waals surface area contributed by atoms with Gasteiger partial charge in [0, 0.05) is 12.1 Å². The van der Waals surface area contributed by atoms with Gasteiger partial charge in [-0.15, -0.1) is 0 Å². The molecule has 4 aliphatic carbocycles. The number of nitrogens with one attached hydrogen (secondary N) is 1. The molecule has 4 nitrogen and oxygen atoms in total. The van der Waals surface area contributed by atoms with Crippen LogP contribution in [0.25, 0.3) is 0 Å². The van der Waals surface area contributed by atoms with Gasteiger partial charge in [0.25, 0.3) is 0 Å². The van der Waals surface area contributed by atoms with Crippen LogP contribution in [0, 0.1) is 23.7 Å². The summed E-state index contributed by atoms with van der Waals surface area (Å²) in [4.78, 5) is 4.44. The van der Waals surface area contributed by atoms with Crippen LogP contribution in [0.4, 0.5) is 11.5 Å². The molecule has 5 rings (SSSR count). The molecule has 0 amide bonds. The molecule has 0 spiro atoms. The minimum Gasteiger partial charge on any atom is -0.493 e. The van der Waals surface area contributed by atoms with Gasteiger partial charge in [-0.05, 0) is 55.8 Å². The number of pyridine rings is 1. The lowest BCUT2D eigenvalue weighted by molar-refractivity contribution is 0.00735. The van der Waals surface area contributed by atoms with Crippen molar-refractivity contribution in [3.8, 4) is 5.75 Å². The van der Waals surface area contributed by atoms with Crippen LogP contribution in [0.1, 0.15) is 32.1 Å². The van der Waals surface area contributed by atoms with Gasteiger partial charge in [-0.3, -0.25) is 0 Å². The van der Waals surface area contributed by atoms with Crippen LogP contribution < -0.4 is 15.8 Å². The van der Waals surface area contributed by atoms with Gasteiger partial charge >= 0.3 is 0 Å². The number of anilines is 2. The van der Waals surface area contributed by atoms with Crippen LogP contribution in [0.15, 0.2) is 12.3 Å². The van der Waals surface area contributed by atoms with E-state index in [4.69, 9.17) is 10.5 Å². The van der Waals surface area contributed by atoms with E-state index in [0.717, 1.165) is 35.2 Å². The lowest BCUT2D eigenvalue weighted by Crippen LogP contribution is -2.51. The molecule has 108 valence electrons. The Hall–Kier alpha value is -1.45. The summed E-state index contributed by atoms with van der Waals surface area (Å²) in [5.74, 6) is 5.28. The molecule has 1 heterocycles. The summed E-state index contributed by atoms with van der Waals surface area (Å²) < 4.78 is 5.41. The standard InChI is InChI=1S/C16H23N3O/c1-20-14-7-13(17)8-18-16(14)19-15-11-3-9-2-10(5-11)6-12(15)4-9/h7-12,15H,2-6,17H2,1H3,(H,18,19). The predicted octanol–water partition coefficient (Wildman–Crippen LogP) is 2.91. The fraction of sp³-hybridized carbons (Fsp3) is 0.688. The maximum Gasteiger partial charge on any atom is 0.169 e. The Labute approximate surface area is 120 Å². The molecule has 0 unspecified atom stereocenters. The molecule has 4 aliphatic rings. The number of ether oxygens (including phenoxy) is 1. The molecule has 4 saturated carbocycles. The monoisotopic (exact) mass is 273 g/mol. The zero-order chi connectivity index (χ0) is 13.7. The van der Waals surface area contributed by atoms with Gasteiger partial charge in [-0.1, -0.05) is 0 Å². The maximum absolute atomic E-state index is 5.78. The number of hydrogen-bond acceptors (Lipinski definition) is 4. The molecule has 0 aromatic carbocycles. The van der Waals surface area contributed by atoms with Crippen LogP contribution in [0.3, 0.4) is 0 Å². The van der Waals surface area contributed by atoms with Gasteiger partial charge in [-0.25, -0.2) is 4.98 Å².